The van der Waals surface area contributed by atoms with Gasteiger partial charge in [-0.2, -0.15) is 4.31 Å². The van der Waals surface area contributed by atoms with E-state index in [2.05, 4.69) is 5.32 Å². The highest BCUT2D eigenvalue weighted by Gasteiger charge is 2.31. The van der Waals surface area contributed by atoms with Gasteiger partial charge in [0.05, 0.1) is 4.90 Å². The van der Waals surface area contributed by atoms with Gasteiger partial charge >= 0.3 is 0 Å². The van der Waals surface area contributed by atoms with Crippen molar-refractivity contribution in [2.45, 2.75) is 48.9 Å². The van der Waals surface area contributed by atoms with Crippen LogP contribution in [0.1, 0.15) is 42.1 Å². The number of aryl methyl sites for hydroxylation is 1. The third-order valence-electron chi connectivity index (χ3n) is 5.13. The third-order valence-corrected chi connectivity index (χ3v) is 7.86. The lowest BCUT2D eigenvalue weighted by atomic mass is 10.1. The molecule has 0 aliphatic carbocycles. The fraction of sp³-hybridized carbons (Fsp3) is 0.381. The predicted molar refractivity (Wildman–Crippen MR) is 115 cm³/mol. The van der Waals surface area contributed by atoms with Crippen LogP contribution in [-0.4, -0.2) is 37.5 Å². The van der Waals surface area contributed by atoms with Gasteiger partial charge in [-0.1, -0.05) is 18.6 Å². The van der Waals surface area contributed by atoms with Crippen LogP contribution in [0.25, 0.3) is 0 Å². The van der Waals surface area contributed by atoms with E-state index < -0.39 is 10.0 Å². The van der Waals surface area contributed by atoms with Crippen LogP contribution < -0.4 is 5.32 Å². The minimum absolute atomic E-state index is 0.0217. The molecule has 150 valence electrons. The van der Waals surface area contributed by atoms with Gasteiger partial charge in [0.1, 0.15) is 0 Å². The Bertz CT molecular complexity index is 973. The van der Waals surface area contributed by atoms with E-state index in [1.165, 1.54) is 6.07 Å². The van der Waals surface area contributed by atoms with Crippen LogP contribution in [0.3, 0.4) is 0 Å². The summed E-state index contributed by atoms with van der Waals surface area (Å²) in [6.07, 6.45) is 4.75. The summed E-state index contributed by atoms with van der Waals surface area (Å²) in [6.45, 7) is 4.28. The number of carbonyl (C=O) groups is 1. The maximum atomic E-state index is 13.1. The van der Waals surface area contributed by atoms with Crippen molar-refractivity contribution in [3.05, 3.63) is 53.6 Å². The van der Waals surface area contributed by atoms with E-state index in [4.69, 9.17) is 0 Å². The quantitative estimate of drug-likeness (QED) is 0.725. The average molecular weight is 419 g/mol. The summed E-state index contributed by atoms with van der Waals surface area (Å²) in [5, 5.41) is 2.88. The molecule has 3 rings (SSSR count). The Morgan fingerprint density at radius 3 is 2.68 bits per heavy atom. The summed E-state index contributed by atoms with van der Waals surface area (Å²) < 4.78 is 27.8. The lowest BCUT2D eigenvalue weighted by molar-refractivity contribution is 0.102. The first-order valence-electron chi connectivity index (χ1n) is 9.41. The Morgan fingerprint density at radius 1 is 1.18 bits per heavy atom. The van der Waals surface area contributed by atoms with Crippen molar-refractivity contribution in [3.8, 4) is 0 Å². The molecule has 1 aliphatic heterocycles. The van der Waals surface area contributed by atoms with E-state index in [0.717, 1.165) is 29.7 Å². The van der Waals surface area contributed by atoms with Crippen LogP contribution >= 0.6 is 11.8 Å². The lowest BCUT2D eigenvalue weighted by Gasteiger charge is -2.32. The maximum absolute atomic E-state index is 13.1. The first-order chi connectivity index (χ1) is 13.3. The second-order valence-corrected chi connectivity index (χ2v) is 9.89. The van der Waals surface area contributed by atoms with E-state index in [1.807, 2.05) is 44.4 Å². The van der Waals surface area contributed by atoms with E-state index in [1.54, 1.807) is 28.2 Å². The number of thioether (sulfide) groups is 1. The van der Waals surface area contributed by atoms with Gasteiger partial charge in [-0.05, 0) is 68.8 Å². The van der Waals surface area contributed by atoms with Gasteiger partial charge in [-0.3, -0.25) is 4.79 Å². The summed E-state index contributed by atoms with van der Waals surface area (Å²) in [6, 6.07) is 12.3. The fourth-order valence-electron chi connectivity index (χ4n) is 3.47. The smallest absolute Gasteiger partial charge is 0.255 e. The van der Waals surface area contributed by atoms with Gasteiger partial charge in [-0.15, -0.1) is 11.8 Å². The van der Waals surface area contributed by atoms with Gasteiger partial charge < -0.3 is 5.32 Å². The molecule has 0 aromatic heterocycles. The van der Waals surface area contributed by atoms with Gasteiger partial charge in [0.25, 0.3) is 5.91 Å². The molecule has 1 aliphatic rings. The zero-order valence-electron chi connectivity index (χ0n) is 16.4. The fourth-order valence-corrected chi connectivity index (χ4v) is 5.66. The Morgan fingerprint density at radius 2 is 1.96 bits per heavy atom. The minimum atomic E-state index is -3.62. The van der Waals surface area contributed by atoms with Crippen LogP contribution in [0, 0.1) is 6.92 Å². The Hall–Kier alpha value is -1.83. The molecule has 7 heteroatoms. The van der Waals surface area contributed by atoms with Crippen molar-refractivity contribution in [2.75, 3.05) is 18.1 Å². The molecule has 28 heavy (non-hydrogen) atoms. The molecule has 0 spiro atoms. The van der Waals surface area contributed by atoms with Gasteiger partial charge in [0.2, 0.25) is 10.0 Å². The van der Waals surface area contributed by atoms with Crippen molar-refractivity contribution in [1.29, 1.82) is 0 Å². The molecule has 1 fully saturated rings. The number of nitrogens with one attached hydrogen (secondary N) is 1. The topological polar surface area (TPSA) is 66.5 Å². The number of hydrogen-bond donors (Lipinski definition) is 1. The van der Waals surface area contributed by atoms with Crippen LogP contribution in [-0.2, 0) is 10.0 Å². The summed E-state index contributed by atoms with van der Waals surface area (Å²) in [5.74, 6) is -0.306. The van der Waals surface area contributed by atoms with Crippen LogP contribution in [0.4, 0.5) is 5.69 Å². The van der Waals surface area contributed by atoms with Crippen LogP contribution in [0.2, 0.25) is 0 Å². The van der Waals surface area contributed by atoms with Crippen molar-refractivity contribution in [2.24, 2.45) is 0 Å². The number of hydrogen-bond acceptors (Lipinski definition) is 4. The summed E-state index contributed by atoms with van der Waals surface area (Å²) in [7, 11) is -3.62. The number of carbonyl (C=O) groups excluding carboxylic acids is 1. The molecular formula is C21H26N2O3S2. The normalized spacial score (nSPS) is 18.0. The number of sulfonamides is 1. The van der Waals surface area contributed by atoms with Crippen molar-refractivity contribution in [1.82, 2.24) is 4.31 Å². The van der Waals surface area contributed by atoms with E-state index in [9.17, 15) is 13.2 Å². The van der Waals surface area contributed by atoms with Crippen LogP contribution in [0.15, 0.2) is 52.3 Å². The van der Waals surface area contributed by atoms with Crippen molar-refractivity contribution >= 4 is 33.4 Å². The first kappa shape index (κ1) is 20.9. The van der Waals surface area contributed by atoms with E-state index in [0.29, 0.717) is 17.8 Å². The predicted octanol–water partition coefficient (Wildman–Crippen LogP) is 4.53. The summed E-state index contributed by atoms with van der Waals surface area (Å²) in [5.41, 5.74) is 1.80. The standard InChI is InChI=1S/C21H26N2O3S2/c1-15-10-11-19(28(25,26)23-12-5-4-7-16(23)2)14-20(15)21(24)22-17-8-6-9-18(13-17)27-3/h6,8-11,13-14,16H,4-5,7,12H2,1-3H3,(H,22,24). The van der Waals surface area contributed by atoms with E-state index in [-0.39, 0.29) is 16.8 Å². The van der Waals surface area contributed by atoms with Gasteiger partial charge in [-0.25, -0.2) is 8.42 Å². The SMILES string of the molecule is CSc1cccc(NC(=O)c2cc(S(=O)(=O)N3CCCCC3C)ccc2C)c1. The molecular weight excluding hydrogens is 392 g/mol. The molecule has 5 nitrogen and oxygen atoms in total. The molecule has 2 aromatic carbocycles. The molecule has 0 radical (unpaired) electrons. The summed E-state index contributed by atoms with van der Waals surface area (Å²) >= 11 is 1.59. The highest BCUT2D eigenvalue weighted by atomic mass is 32.2. The number of nitrogens with zero attached hydrogens (tertiary/aromatic N) is 1. The Balaban J connectivity index is 1.89. The molecule has 1 amide bonds. The molecule has 1 saturated heterocycles. The molecule has 0 bridgehead atoms. The largest absolute Gasteiger partial charge is 0.322 e. The molecule has 1 N–H and O–H groups in total. The molecule has 2 aromatic rings. The second-order valence-electron chi connectivity index (χ2n) is 7.12. The van der Waals surface area contributed by atoms with Crippen LogP contribution in [0.5, 0.6) is 0 Å². The number of rotatable bonds is 5. The third kappa shape index (κ3) is 4.42. The lowest BCUT2D eigenvalue weighted by Crippen LogP contribution is -2.42. The van der Waals surface area contributed by atoms with Crippen molar-refractivity contribution < 1.29 is 13.2 Å². The minimum Gasteiger partial charge on any atom is -0.322 e. The average Bonchev–Trinajstić information content (AvgIpc) is 2.68. The van der Waals surface area contributed by atoms with E-state index >= 15 is 0 Å². The Kier molecular flexibility index (Phi) is 6.47. The second kappa shape index (κ2) is 8.68. The molecule has 1 heterocycles. The van der Waals surface area contributed by atoms with Gasteiger partial charge in [0, 0.05) is 28.7 Å². The zero-order valence-corrected chi connectivity index (χ0v) is 18.1. The first-order valence-corrected chi connectivity index (χ1v) is 12.1. The highest BCUT2D eigenvalue weighted by molar-refractivity contribution is 7.98. The maximum Gasteiger partial charge on any atom is 0.255 e. The zero-order chi connectivity index (χ0) is 20.3. The molecule has 1 unspecified atom stereocenters. The van der Waals surface area contributed by atoms with Gasteiger partial charge in [0.15, 0.2) is 0 Å². The summed E-state index contributed by atoms with van der Waals surface area (Å²) in [4.78, 5) is 14.1. The molecule has 0 saturated carbocycles. The Labute approximate surface area is 171 Å². The molecule has 1 atom stereocenters. The van der Waals surface area contributed by atoms with Crippen molar-refractivity contribution in [3.63, 3.8) is 0 Å². The number of amides is 1. The number of piperidine rings is 1. The number of anilines is 1. The monoisotopic (exact) mass is 418 g/mol. The number of benzene rings is 2. The highest BCUT2D eigenvalue weighted by Crippen LogP contribution is 2.27.